The third-order valence-corrected chi connectivity index (χ3v) is 5.14. The first-order valence-electron chi connectivity index (χ1n) is 7.56. The van der Waals surface area contributed by atoms with Crippen LogP contribution >= 0.6 is 12.2 Å². The van der Waals surface area contributed by atoms with Gasteiger partial charge < -0.3 is 10.3 Å². The summed E-state index contributed by atoms with van der Waals surface area (Å²) in [4.78, 5) is 0. The zero-order valence-electron chi connectivity index (χ0n) is 12.7. The highest BCUT2D eigenvalue weighted by Crippen LogP contribution is 2.33. The number of aromatic nitrogens is 1. The number of anilines is 1. The van der Waals surface area contributed by atoms with Gasteiger partial charge in [0.1, 0.15) is 16.5 Å². The molecule has 0 bridgehead atoms. The number of benzene rings is 1. The summed E-state index contributed by atoms with van der Waals surface area (Å²) in [6.07, 6.45) is 3.97. The van der Waals surface area contributed by atoms with Crippen LogP contribution in [-0.2, 0) is 26.3 Å². The summed E-state index contributed by atoms with van der Waals surface area (Å²) in [6.45, 7) is 0. The zero-order valence-corrected chi connectivity index (χ0v) is 13.5. The normalized spacial score (nSPS) is 16.8. The van der Waals surface area contributed by atoms with Gasteiger partial charge in [-0.25, -0.2) is 0 Å². The fraction of sp³-hybridized carbons (Fsp3) is 0.333. The molecular formula is C18H19N3S. The molecule has 3 rings (SSSR count). The molecule has 22 heavy (non-hydrogen) atoms. The first-order valence-corrected chi connectivity index (χ1v) is 7.97. The van der Waals surface area contributed by atoms with Crippen LogP contribution in [0, 0.1) is 21.9 Å². The van der Waals surface area contributed by atoms with Gasteiger partial charge in [-0.05, 0) is 48.3 Å². The maximum atomic E-state index is 9.41. The fourth-order valence-corrected chi connectivity index (χ4v) is 3.69. The molecular weight excluding hydrogens is 290 g/mol. The van der Waals surface area contributed by atoms with Crippen LogP contribution in [0.5, 0.6) is 0 Å². The fourth-order valence-electron chi connectivity index (χ4n) is 3.39. The van der Waals surface area contributed by atoms with Gasteiger partial charge in [0.2, 0.25) is 0 Å². The lowest BCUT2D eigenvalue weighted by Crippen LogP contribution is -2.21. The van der Waals surface area contributed by atoms with Gasteiger partial charge in [0, 0.05) is 7.05 Å². The number of nitrogen functional groups attached to an aromatic ring is 1. The van der Waals surface area contributed by atoms with Crippen molar-refractivity contribution < 1.29 is 0 Å². The van der Waals surface area contributed by atoms with Gasteiger partial charge in [0.05, 0.1) is 5.56 Å². The van der Waals surface area contributed by atoms with Crippen molar-refractivity contribution in [3.8, 4) is 6.07 Å². The van der Waals surface area contributed by atoms with Crippen LogP contribution in [0.4, 0.5) is 5.82 Å². The lowest BCUT2D eigenvalue weighted by Gasteiger charge is -2.27. The summed E-state index contributed by atoms with van der Waals surface area (Å²) in [7, 11) is 1.85. The number of hydrogen-bond donors (Lipinski definition) is 1. The van der Waals surface area contributed by atoms with Gasteiger partial charge in [-0.3, -0.25) is 0 Å². The van der Waals surface area contributed by atoms with Crippen molar-refractivity contribution in [3.63, 3.8) is 0 Å². The molecule has 3 nitrogen and oxygen atoms in total. The molecule has 0 aliphatic heterocycles. The average Bonchev–Trinajstić information content (AvgIpc) is 2.55. The molecule has 1 aromatic heterocycles. The molecule has 2 aromatic rings. The minimum absolute atomic E-state index is 0.493. The largest absolute Gasteiger partial charge is 0.384 e. The topological polar surface area (TPSA) is 54.7 Å². The maximum Gasteiger partial charge on any atom is 0.122 e. The van der Waals surface area contributed by atoms with Crippen LogP contribution in [0.1, 0.15) is 28.7 Å². The van der Waals surface area contributed by atoms with Crippen molar-refractivity contribution in [3.05, 3.63) is 57.2 Å². The van der Waals surface area contributed by atoms with Crippen molar-refractivity contribution in [2.24, 2.45) is 13.0 Å². The van der Waals surface area contributed by atoms with E-state index in [0.717, 1.165) is 41.5 Å². The Kier molecular flexibility index (Phi) is 4.00. The van der Waals surface area contributed by atoms with Gasteiger partial charge in [-0.1, -0.05) is 42.5 Å². The summed E-state index contributed by atoms with van der Waals surface area (Å²) in [5.74, 6) is 1.07. The summed E-state index contributed by atoms with van der Waals surface area (Å²) in [6, 6.07) is 12.8. The molecule has 112 valence electrons. The van der Waals surface area contributed by atoms with Crippen LogP contribution in [0.2, 0.25) is 0 Å². The zero-order chi connectivity index (χ0) is 15.7. The van der Waals surface area contributed by atoms with Gasteiger partial charge in [-0.2, -0.15) is 5.26 Å². The lowest BCUT2D eigenvalue weighted by molar-refractivity contribution is 0.452. The summed E-state index contributed by atoms with van der Waals surface area (Å²) < 4.78 is 2.56. The molecule has 0 radical (unpaired) electrons. The first-order chi connectivity index (χ1) is 10.6. The van der Waals surface area contributed by atoms with E-state index in [4.69, 9.17) is 18.0 Å². The van der Waals surface area contributed by atoms with E-state index >= 15 is 0 Å². The highest BCUT2D eigenvalue weighted by molar-refractivity contribution is 7.71. The van der Waals surface area contributed by atoms with E-state index in [0.29, 0.717) is 17.3 Å². The Balaban J connectivity index is 1.95. The third kappa shape index (κ3) is 2.53. The Morgan fingerprint density at radius 2 is 2.05 bits per heavy atom. The number of hydrogen-bond acceptors (Lipinski definition) is 3. The van der Waals surface area contributed by atoms with Crippen molar-refractivity contribution in [1.82, 2.24) is 4.57 Å². The van der Waals surface area contributed by atoms with Crippen molar-refractivity contribution in [2.45, 2.75) is 25.7 Å². The molecule has 1 aliphatic rings. The Labute approximate surface area is 136 Å². The SMILES string of the molecule is Cn1c(N)c(C#N)c2c(c1=S)C[C@H](Cc1ccccc1)CC2. The van der Waals surface area contributed by atoms with Crippen LogP contribution in [-0.4, -0.2) is 4.57 Å². The predicted octanol–water partition coefficient (Wildman–Crippen LogP) is 3.56. The molecule has 1 atom stereocenters. The van der Waals surface area contributed by atoms with Crippen LogP contribution < -0.4 is 5.73 Å². The van der Waals surface area contributed by atoms with Gasteiger partial charge in [0.15, 0.2) is 0 Å². The molecule has 0 fully saturated rings. The van der Waals surface area contributed by atoms with E-state index in [-0.39, 0.29) is 0 Å². The molecule has 0 unspecified atom stereocenters. The molecule has 1 heterocycles. The van der Waals surface area contributed by atoms with E-state index in [2.05, 4.69) is 30.3 Å². The van der Waals surface area contributed by atoms with Crippen LogP contribution in [0.15, 0.2) is 30.3 Å². The molecule has 2 N–H and O–H groups in total. The van der Waals surface area contributed by atoms with Crippen molar-refractivity contribution >= 4 is 18.0 Å². The average molecular weight is 309 g/mol. The summed E-state index contributed by atoms with van der Waals surface area (Å²) >= 11 is 5.57. The summed E-state index contributed by atoms with van der Waals surface area (Å²) in [5, 5.41) is 9.41. The Morgan fingerprint density at radius 1 is 1.32 bits per heavy atom. The van der Waals surface area contributed by atoms with Crippen molar-refractivity contribution in [1.29, 1.82) is 5.26 Å². The summed E-state index contributed by atoms with van der Waals surface area (Å²) in [5.41, 5.74) is 10.3. The maximum absolute atomic E-state index is 9.41. The molecule has 0 amide bonds. The molecule has 0 saturated heterocycles. The molecule has 1 aliphatic carbocycles. The number of nitrogens with two attached hydrogens (primary N) is 1. The first kappa shape index (κ1) is 14.8. The van der Waals surface area contributed by atoms with E-state index in [1.807, 2.05) is 13.1 Å². The third-order valence-electron chi connectivity index (χ3n) is 4.62. The van der Waals surface area contributed by atoms with E-state index < -0.39 is 0 Å². The smallest absolute Gasteiger partial charge is 0.122 e. The molecule has 1 aromatic carbocycles. The van der Waals surface area contributed by atoms with E-state index in [1.165, 1.54) is 5.56 Å². The minimum Gasteiger partial charge on any atom is -0.384 e. The molecule has 0 spiro atoms. The van der Waals surface area contributed by atoms with Crippen LogP contribution in [0.25, 0.3) is 0 Å². The predicted molar refractivity (Wildman–Crippen MR) is 91.0 cm³/mol. The highest BCUT2D eigenvalue weighted by Gasteiger charge is 2.25. The van der Waals surface area contributed by atoms with Gasteiger partial charge >= 0.3 is 0 Å². The highest BCUT2D eigenvalue weighted by atomic mass is 32.1. The second-order valence-electron chi connectivity index (χ2n) is 5.99. The van der Waals surface area contributed by atoms with Crippen molar-refractivity contribution in [2.75, 3.05) is 5.73 Å². The molecule has 4 heteroatoms. The second kappa shape index (κ2) is 5.94. The Bertz CT molecular complexity index is 800. The number of pyridine rings is 1. The standard InChI is InChI=1S/C18H19N3S/c1-21-17(20)16(11-19)14-8-7-13(10-15(14)18(21)22)9-12-5-3-2-4-6-12/h2-6,13H,7-10,20H2,1H3/t13-/m0/s1. The number of fused-ring (bicyclic) bond motifs is 1. The Hall–Kier alpha value is -2.12. The monoisotopic (exact) mass is 309 g/mol. The molecule has 0 saturated carbocycles. The number of rotatable bonds is 2. The van der Waals surface area contributed by atoms with Gasteiger partial charge in [0.25, 0.3) is 0 Å². The van der Waals surface area contributed by atoms with Crippen LogP contribution in [0.3, 0.4) is 0 Å². The number of nitrogens with zero attached hydrogens (tertiary/aromatic N) is 2. The van der Waals surface area contributed by atoms with Gasteiger partial charge in [-0.15, -0.1) is 0 Å². The second-order valence-corrected chi connectivity index (χ2v) is 6.38. The van der Waals surface area contributed by atoms with E-state index in [1.54, 1.807) is 4.57 Å². The Morgan fingerprint density at radius 3 is 2.73 bits per heavy atom. The number of nitriles is 1. The quantitative estimate of drug-likeness (QED) is 0.863. The van der Waals surface area contributed by atoms with E-state index in [9.17, 15) is 5.26 Å². The lowest BCUT2D eigenvalue weighted by atomic mass is 9.80. The minimum atomic E-state index is 0.493.